The summed E-state index contributed by atoms with van der Waals surface area (Å²) < 4.78 is 10.4. The Morgan fingerprint density at radius 3 is 2.55 bits per heavy atom. The van der Waals surface area contributed by atoms with Gasteiger partial charge in [-0.25, -0.2) is 0 Å². The number of amides is 2. The van der Waals surface area contributed by atoms with Gasteiger partial charge < -0.3 is 9.47 Å². The number of carbonyl (C=O) groups is 2. The number of benzene rings is 2. The van der Waals surface area contributed by atoms with Crippen LogP contribution in [-0.4, -0.2) is 27.8 Å². The molecule has 2 amide bonds. The zero-order valence-corrected chi connectivity index (χ0v) is 16.7. The second-order valence-corrected chi connectivity index (χ2v) is 7.85. The zero-order valence-electron chi connectivity index (χ0n) is 14.4. The van der Waals surface area contributed by atoms with E-state index in [0.717, 1.165) is 4.90 Å². The van der Waals surface area contributed by atoms with E-state index in [-0.39, 0.29) is 35.2 Å². The maximum atomic E-state index is 12.7. The Morgan fingerprint density at radius 1 is 1.14 bits per heavy atom. The summed E-state index contributed by atoms with van der Waals surface area (Å²) in [5.41, 5.74) is 0.502. The van der Waals surface area contributed by atoms with E-state index in [1.165, 1.54) is 18.2 Å². The number of imide groups is 1. The van der Waals surface area contributed by atoms with Crippen LogP contribution in [0.1, 0.15) is 11.1 Å². The first-order valence-corrected chi connectivity index (χ1v) is 9.68. The Labute approximate surface area is 178 Å². The Balaban J connectivity index is 1.64. The van der Waals surface area contributed by atoms with Crippen LogP contribution in [-0.2, 0) is 11.3 Å². The van der Waals surface area contributed by atoms with Crippen molar-refractivity contribution in [2.45, 2.75) is 6.54 Å². The van der Waals surface area contributed by atoms with Gasteiger partial charge in [-0.2, -0.15) is 0 Å². The summed E-state index contributed by atoms with van der Waals surface area (Å²) in [7, 11) is 0. The minimum Gasteiger partial charge on any atom is -0.454 e. The van der Waals surface area contributed by atoms with E-state index < -0.39 is 16.1 Å². The lowest BCUT2D eigenvalue weighted by Crippen LogP contribution is -2.27. The van der Waals surface area contributed by atoms with Crippen LogP contribution in [0.25, 0.3) is 6.08 Å². The first kappa shape index (κ1) is 19.6. The molecule has 2 aromatic rings. The lowest BCUT2D eigenvalue weighted by Gasteiger charge is -2.12. The number of nitro groups is 1. The molecule has 2 heterocycles. The fourth-order valence-electron chi connectivity index (χ4n) is 2.82. The van der Waals surface area contributed by atoms with Crippen molar-refractivity contribution in [1.29, 1.82) is 0 Å². The third-order valence-electron chi connectivity index (χ3n) is 4.20. The molecule has 0 spiro atoms. The number of thioether (sulfide) groups is 1. The Kier molecular flexibility index (Phi) is 5.12. The van der Waals surface area contributed by atoms with Gasteiger partial charge in [-0.15, -0.1) is 0 Å². The number of fused-ring (bicyclic) bond motifs is 1. The highest BCUT2D eigenvalue weighted by molar-refractivity contribution is 8.18. The van der Waals surface area contributed by atoms with Gasteiger partial charge in [0.1, 0.15) is 0 Å². The van der Waals surface area contributed by atoms with Gasteiger partial charge in [-0.3, -0.25) is 24.6 Å². The maximum Gasteiger partial charge on any atom is 0.293 e. The molecule has 148 valence electrons. The molecule has 0 atom stereocenters. The van der Waals surface area contributed by atoms with E-state index in [1.807, 2.05) is 0 Å². The zero-order chi connectivity index (χ0) is 20.7. The van der Waals surface area contributed by atoms with Gasteiger partial charge in [0.25, 0.3) is 16.8 Å². The number of hydrogen-bond acceptors (Lipinski definition) is 7. The third kappa shape index (κ3) is 3.76. The van der Waals surface area contributed by atoms with Crippen LogP contribution in [0.2, 0.25) is 10.0 Å². The van der Waals surface area contributed by atoms with Crippen molar-refractivity contribution in [3.63, 3.8) is 0 Å². The first-order valence-electron chi connectivity index (χ1n) is 8.11. The maximum absolute atomic E-state index is 12.7. The molecular weight excluding hydrogens is 443 g/mol. The van der Waals surface area contributed by atoms with Gasteiger partial charge >= 0.3 is 0 Å². The fourth-order valence-corrected chi connectivity index (χ4v) is 3.97. The lowest BCUT2D eigenvalue weighted by molar-refractivity contribution is -0.385. The number of carbonyl (C=O) groups excluding carboxylic acids is 2. The van der Waals surface area contributed by atoms with Crippen molar-refractivity contribution in [1.82, 2.24) is 4.90 Å². The Bertz CT molecular complexity index is 1100. The van der Waals surface area contributed by atoms with Crippen molar-refractivity contribution in [2.75, 3.05) is 6.79 Å². The molecule has 1 saturated heterocycles. The number of hydrogen-bond donors (Lipinski definition) is 0. The molecule has 0 radical (unpaired) electrons. The summed E-state index contributed by atoms with van der Waals surface area (Å²) in [5, 5.41) is 11.6. The van der Waals surface area contributed by atoms with Crippen molar-refractivity contribution >= 4 is 57.9 Å². The van der Waals surface area contributed by atoms with Crippen LogP contribution < -0.4 is 9.47 Å². The average Bonchev–Trinajstić information content (AvgIpc) is 3.23. The molecule has 0 bridgehead atoms. The van der Waals surface area contributed by atoms with Crippen molar-refractivity contribution < 1.29 is 24.0 Å². The molecule has 0 N–H and O–H groups in total. The summed E-state index contributed by atoms with van der Waals surface area (Å²) in [6.07, 6.45) is 1.31. The molecular formula is C18H10Cl2N2O6S. The minimum absolute atomic E-state index is 0.00211. The largest absolute Gasteiger partial charge is 0.454 e. The predicted octanol–water partition coefficient (Wildman–Crippen LogP) is 4.87. The number of nitrogens with zero attached hydrogens (tertiary/aromatic N) is 2. The van der Waals surface area contributed by atoms with Gasteiger partial charge in [0, 0.05) is 0 Å². The van der Waals surface area contributed by atoms with Crippen LogP contribution in [0, 0.1) is 10.1 Å². The number of halogens is 2. The quantitative estimate of drug-likeness (QED) is 0.370. The number of rotatable bonds is 4. The molecule has 0 unspecified atom stereocenters. The van der Waals surface area contributed by atoms with Crippen LogP contribution in [0.5, 0.6) is 11.5 Å². The van der Waals surface area contributed by atoms with Gasteiger partial charge in [0.15, 0.2) is 11.5 Å². The minimum atomic E-state index is -0.590. The van der Waals surface area contributed by atoms with Gasteiger partial charge in [-0.1, -0.05) is 29.3 Å². The summed E-state index contributed by atoms with van der Waals surface area (Å²) in [4.78, 5) is 37.0. The fraction of sp³-hybridized carbons (Fsp3) is 0.111. The van der Waals surface area contributed by atoms with Gasteiger partial charge in [-0.05, 0) is 41.6 Å². The monoisotopic (exact) mass is 452 g/mol. The van der Waals surface area contributed by atoms with Crippen LogP contribution >= 0.6 is 35.0 Å². The highest BCUT2D eigenvalue weighted by Crippen LogP contribution is 2.41. The SMILES string of the molecule is O=C1S/C(=C\c2cc3c(cc2[N+](=O)[O-])OCO3)C(=O)N1Cc1ccc(Cl)c(Cl)c1. The summed E-state index contributed by atoms with van der Waals surface area (Å²) in [6.45, 7) is -0.0434. The van der Waals surface area contributed by atoms with Crippen LogP contribution in [0.3, 0.4) is 0 Å². The smallest absolute Gasteiger partial charge is 0.293 e. The molecule has 2 aromatic carbocycles. The second-order valence-electron chi connectivity index (χ2n) is 6.04. The van der Waals surface area contributed by atoms with Crippen molar-refractivity contribution in [3.8, 4) is 11.5 Å². The lowest BCUT2D eigenvalue weighted by atomic mass is 10.1. The van der Waals surface area contributed by atoms with Crippen LogP contribution in [0.4, 0.5) is 10.5 Å². The molecule has 0 aliphatic carbocycles. The van der Waals surface area contributed by atoms with E-state index in [2.05, 4.69) is 0 Å². The predicted molar refractivity (Wildman–Crippen MR) is 107 cm³/mol. The molecule has 0 aromatic heterocycles. The average molecular weight is 453 g/mol. The first-order chi connectivity index (χ1) is 13.8. The van der Waals surface area contributed by atoms with Gasteiger partial charge in [0.2, 0.25) is 6.79 Å². The van der Waals surface area contributed by atoms with E-state index in [1.54, 1.807) is 18.2 Å². The molecule has 1 fully saturated rings. The summed E-state index contributed by atoms with van der Waals surface area (Å²) in [6, 6.07) is 7.44. The molecule has 11 heteroatoms. The molecule has 8 nitrogen and oxygen atoms in total. The molecule has 29 heavy (non-hydrogen) atoms. The van der Waals surface area contributed by atoms with Crippen molar-refractivity contribution in [3.05, 3.63) is 66.5 Å². The van der Waals surface area contributed by atoms with E-state index in [4.69, 9.17) is 32.7 Å². The summed E-state index contributed by atoms with van der Waals surface area (Å²) >= 11 is 12.6. The molecule has 0 saturated carbocycles. The van der Waals surface area contributed by atoms with E-state index >= 15 is 0 Å². The van der Waals surface area contributed by atoms with E-state index in [9.17, 15) is 19.7 Å². The summed E-state index contributed by atoms with van der Waals surface area (Å²) in [5.74, 6) is 0.0245. The standard InChI is InChI=1S/C18H10Cl2N2O6S/c19-11-2-1-9(3-12(11)20)7-21-17(23)16(29-18(21)24)5-10-4-14-15(28-8-27-14)6-13(10)22(25)26/h1-6H,7-8H2/b16-5-. The number of ether oxygens (including phenoxy) is 2. The molecule has 2 aliphatic rings. The van der Waals surface area contributed by atoms with Crippen LogP contribution in [0.15, 0.2) is 35.2 Å². The highest BCUT2D eigenvalue weighted by Gasteiger charge is 2.36. The third-order valence-corrected chi connectivity index (χ3v) is 5.85. The van der Waals surface area contributed by atoms with Gasteiger partial charge in [0.05, 0.1) is 38.0 Å². The number of nitro benzene ring substituents is 1. The van der Waals surface area contributed by atoms with E-state index in [0.29, 0.717) is 33.1 Å². The highest BCUT2D eigenvalue weighted by atomic mass is 35.5. The van der Waals surface area contributed by atoms with Crippen molar-refractivity contribution in [2.24, 2.45) is 0 Å². The topological polar surface area (TPSA) is 99.0 Å². The molecule has 2 aliphatic heterocycles. The Morgan fingerprint density at radius 2 is 1.86 bits per heavy atom. The molecule has 4 rings (SSSR count). The normalized spacial score (nSPS) is 16.8. The second kappa shape index (κ2) is 7.58. The Hall–Kier alpha value is -2.75.